The summed E-state index contributed by atoms with van der Waals surface area (Å²) in [7, 11) is 2.15. The van der Waals surface area contributed by atoms with Crippen molar-refractivity contribution in [3.05, 3.63) is 28.2 Å². The molecule has 5 heteroatoms. The van der Waals surface area contributed by atoms with E-state index >= 15 is 0 Å². The smallest absolute Gasteiger partial charge is 0.125 e. The Balaban J connectivity index is 1.65. The highest BCUT2D eigenvalue weighted by Crippen LogP contribution is 2.33. The molecule has 21 heavy (non-hydrogen) atoms. The Morgan fingerprint density at radius 2 is 2.29 bits per heavy atom. The monoisotopic (exact) mass is 354 g/mol. The predicted octanol–water partition coefficient (Wildman–Crippen LogP) is 2.58. The summed E-state index contributed by atoms with van der Waals surface area (Å²) in [5, 5.41) is 3.68. The summed E-state index contributed by atoms with van der Waals surface area (Å²) in [6.45, 7) is 4.56. The van der Waals surface area contributed by atoms with E-state index in [9.17, 15) is 0 Å². The van der Waals surface area contributed by atoms with Crippen LogP contribution in [0.15, 0.2) is 22.7 Å². The standard InChI is InChI=1S/C16H23BrN2O2/c1-19-6-8-20-13(11-19)10-18-15-3-2-7-21-16-9-12(17)4-5-14(15)16/h4-5,9,13,15,18H,2-3,6-8,10-11H2,1H3. The molecule has 0 aromatic heterocycles. The Bertz CT molecular complexity index is 483. The largest absolute Gasteiger partial charge is 0.493 e. The summed E-state index contributed by atoms with van der Waals surface area (Å²) < 4.78 is 12.8. The van der Waals surface area contributed by atoms with Crippen molar-refractivity contribution in [2.24, 2.45) is 0 Å². The molecular formula is C16H23BrN2O2. The fourth-order valence-corrected chi connectivity index (χ4v) is 3.36. The molecule has 2 aliphatic rings. The first-order chi connectivity index (χ1) is 10.2. The van der Waals surface area contributed by atoms with Gasteiger partial charge < -0.3 is 19.7 Å². The van der Waals surface area contributed by atoms with E-state index in [0.29, 0.717) is 6.04 Å². The van der Waals surface area contributed by atoms with Crippen molar-refractivity contribution in [1.29, 1.82) is 0 Å². The Kier molecular flexibility index (Phi) is 5.16. The van der Waals surface area contributed by atoms with Gasteiger partial charge in [-0.25, -0.2) is 0 Å². The molecule has 0 amide bonds. The van der Waals surface area contributed by atoms with Crippen LogP contribution < -0.4 is 10.1 Å². The molecule has 2 heterocycles. The Morgan fingerprint density at radius 1 is 1.38 bits per heavy atom. The molecule has 1 N–H and O–H groups in total. The normalized spacial score (nSPS) is 26.8. The van der Waals surface area contributed by atoms with E-state index in [0.717, 1.165) is 55.9 Å². The average molecular weight is 355 g/mol. The number of benzene rings is 1. The van der Waals surface area contributed by atoms with Gasteiger partial charge >= 0.3 is 0 Å². The number of nitrogens with one attached hydrogen (secondary N) is 1. The lowest BCUT2D eigenvalue weighted by Crippen LogP contribution is -2.45. The van der Waals surface area contributed by atoms with Crippen molar-refractivity contribution in [3.63, 3.8) is 0 Å². The van der Waals surface area contributed by atoms with E-state index in [1.807, 2.05) is 0 Å². The number of hydrogen-bond donors (Lipinski definition) is 1. The van der Waals surface area contributed by atoms with E-state index in [1.54, 1.807) is 0 Å². The summed E-state index contributed by atoms with van der Waals surface area (Å²) in [4.78, 5) is 2.33. The van der Waals surface area contributed by atoms with Crippen molar-refractivity contribution >= 4 is 15.9 Å². The summed E-state index contributed by atoms with van der Waals surface area (Å²) in [5.41, 5.74) is 1.26. The highest BCUT2D eigenvalue weighted by molar-refractivity contribution is 9.10. The van der Waals surface area contributed by atoms with Gasteiger partial charge in [-0.2, -0.15) is 0 Å². The molecule has 1 fully saturated rings. The van der Waals surface area contributed by atoms with Gasteiger partial charge in [-0.05, 0) is 32.0 Å². The molecule has 0 spiro atoms. The fraction of sp³-hybridized carbons (Fsp3) is 0.625. The maximum atomic E-state index is 5.86. The zero-order valence-electron chi connectivity index (χ0n) is 12.5. The number of likely N-dealkylation sites (N-methyl/N-ethyl adjacent to an activating group) is 1. The fourth-order valence-electron chi connectivity index (χ4n) is 3.02. The van der Waals surface area contributed by atoms with Crippen LogP contribution in [0.5, 0.6) is 5.75 Å². The topological polar surface area (TPSA) is 33.7 Å². The van der Waals surface area contributed by atoms with Crippen molar-refractivity contribution in [1.82, 2.24) is 10.2 Å². The Hall–Kier alpha value is -0.620. The molecule has 116 valence electrons. The summed E-state index contributed by atoms with van der Waals surface area (Å²) in [6.07, 6.45) is 2.47. The van der Waals surface area contributed by atoms with Crippen LogP contribution in [-0.4, -0.2) is 50.9 Å². The van der Waals surface area contributed by atoms with Crippen molar-refractivity contribution in [2.75, 3.05) is 39.9 Å². The molecule has 2 atom stereocenters. The van der Waals surface area contributed by atoms with E-state index in [4.69, 9.17) is 9.47 Å². The van der Waals surface area contributed by atoms with E-state index in [2.05, 4.69) is 51.4 Å². The zero-order valence-corrected chi connectivity index (χ0v) is 14.1. The minimum atomic E-state index is 0.284. The molecule has 2 aliphatic heterocycles. The third-order valence-corrected chi connectivity index (χ3v) is 4.67. The lowest BCUT2D eigenvalue weighted by molar-refractivity contribution is -0.0194. The maximum absolute atomic E-state index is 5.86. The van der Waals surface area contributed by atoms with Gasteiger partial charge in [0.25, 0.3) is 0 Å². The second-order valence-corrected chi connectivity index (χ2v) is 6.80. The molecule has 1 saturated heterocycles. The molecule has 0 radical (unpaired) electrons. The quantitative estimate of drug-likeness (QED) is 0.904. The second kappa shape index (κ2) is 7.09. The van der Waals surface area contributed by atoms with Crippen LogP contribution in [0.1, 0.15) is 24.4 Å². The molecule has 2 unspecified atom stereocenters. The molecule has 0 aliphatic carbocycles. The predicted molar refractivity (Wildman–Crippen MR) is 86.9 cm³/mol. The first-order valence-electron chi connectivity index (χ1n) is 7.68. The zero-order chi connectivity index (χ0) is 14.7. The highest BCUT2D eigenvalue weighted by Gasteiger charge is 2.23. The Labute approximate surface area is 134 Å². The summed E-state index contributed by atoms with van der Waals surface area (Å²) >= 11 is 3.52. The van der Waals surface area contributed by atoms with Gasteiger partial charge in [0.1, 0.15) is 5.75 Å². The molecular weight excluding hydrogens is 332 g/mol. The summed E-state index contributed by atoms with van der Waals surface area (Å²) in [6, 6.07) is 6.68. The number of morpholine rings is 1. The van der Waals surface area contributed by atoms with Gasteiger partial charge in [-0.3, -0.25) is 0 Å². The number of halogens is 1. The van der Waals surface area contributed by atoms with Gasteiger partial charge in [0.15, 0.2) is 0 Å². The number of rotatable bonds is 3. The number of fused-ring (bicyclic) bond motifs is 1. The molecule has 0 bridgehead atoms. The Morgan fingerprint density at radius 3 is 3.14 bits per heavy atom. The van der Waals surface area contributed by atoms with Gasteiger partial charge in [-0.15, -0.1) is 0 Å². The van der Waals surface area contributed by atoms with Crippen LogP contribution in [0.3, 0.4) is 0 Å². The van der Waals surface area contributed by atoms with Gasteiger partial charge in [0.2, 0.25) is 0 Å². The summed E-state index contributed by atoms with van der Waals surface area (Å²) in [5.74, 6) is 1.00. The molecule has 4 nitrogen and oxygen atoms in total. The lowest BCUT2D eigenvalue weighted by Gasteiger charge is -2.31. The maximum Gasteiger partial charge on any atom is 0.125 e. The molecule has 0 saturated carbocycles. The molecule has 1 aromatic carbocycles. The van der Waals surface area contributed by atoms with Gasteiger partial charge in [0.05, 0.1) is 19.3 Å². The number of hydrogen-bond acceptors (Lipinski definition) is 4. The SMILES string of the molecule is CN1CCOC(CNC2CCCOc3cc(Br)ccc32)C1. The van der Waals surface area contributed by atoms with Crippen LogP contribution in [0.25, 0.3) is 0 Å². The highest BCUT2D eigenvalue weighted by atomic mass is 79.9. The van der Waals surface area contributed by atoms with Gasteiger partial charge in [0, 0.05) is 35.7 Å². The van der Waals surface area contributed by atoms with Crippen LogP contribution in [0.4, 0.5) is 0 Å². The van der Waals surface area contributed by atoms with Crippen LogP contribution in [0.2, 0.25) is 0 Å². The second-order valence-electron chi connectivity index (χ2n) is 5.89. The average Bonchev–Trinajstić information content (AvgIpc) is 2.67. The lowest BCUT2D eigenvalue weighted by atomic mass is 10.0. The molecule has 3 rings (SSSR count). The van der Waals surface area contributed by atoms with Crippen LogP contribution in [0, 0.1) is 0 Å². The number of ether oxygens (including phenoxy) is 2. The van der Waals surface area contributed by atoms with Crippen molar-refractivity contribution in [2.45, 2.75) is 25.0 Å². The minimum absolute atomic E-state index is 0.284. The third kappa shape index (κ3) is 3.97. The van der Waals surface area contributed by atoms with Crippen LogP contribution >= 0.6 is 15.9 Å². The minimum Gasteiger partial charge on any atom is -0.493 e. The van der Waals surface area contributed by atoms with E-state index in [1.165, 1.54) is 5.56 Å². The van der Waals surface area contributed by atoms with Crippen molar-refractivity contribution in [3.8, 4) is 5.75 Å². The molecule has 1 aromatic rings. The van der Waals surface area contributed by atoms with Gasteiger partial charge in [-0.1, -0.05) is 22.0 Å². The first kappa shape index (κ1) is 15.3. The third-order valence-electron chi connectivity index (χ3n) is 4.18. The van der Waals surface area contributed by atoms with Crippen LogP contribution in [-0.2, 0) is 4.74 Å². The number of nitrogens with zero attached hydrogens (tertiary/aromatic N) is 1. The van der Waals surface area contributed by atoms with E-state index < -0.39 is 0 Å². The van der Waals surface area contributed by atoms with Crippen molar-refractivity contribution < 1.29 is 9.47 Å². The van der Waals surface area contributed by atoms with E-state index in [-0.39, 0.29) is 6.10 Å². The first-order valence-corrected chi connectivity index (χ1v) is 8.47.